The van der Waals surface area contributed by atoms with Crippen molar-refractivity contribution in [2.45, 2.75) is 12.5 Å². The normalized spacial score (nSPS) is 23.1. The molecule has 1 atom stereocenters. The van der Waals surface area contributed by atoms with Gasteiger partial charge in [0.15, 0.2) is 9.84 Å². The number of nitrogens with one attached hydrogen (secondary N) is 1. The van der Waals surface area contributed by atoms with Crippen LogP contribution in [0.15, 0.2) is 35.0 Å². The summed E-state index contributed by atoms with van der Waals surface area (Å²) in [5.74, 6) is -0.970. The van der Waals surface area contributed by atoms with Crippen molar-refractivity contribution in [1.29, 1.82) is 0 Å². The number of carbonyl (C=O) groups is 2. The molecule has 9 heteroatoms. The van der Waals surface area contributed by atoms with Gasteiger partial charge in [0, 0.05) is 11.8 Å². The maximum absolute atomic E-state index is 12.6. The van der Waals surface area contributed by atoms with E-state index in [1.165, 1.54) is 7.11 Å². The lowest BCUT2D eigenvalue weighted by Crippen LogP contribution is -2.42. The Morgan fingerprint density at radius 2 is 2.04 bits per heavy atom. The van der Waals surface area contributed by atoms with Crippen LogP contribution in [0.3, 0.4) is 0 Å². The van der Waals surface area contributed by atoms with Crippen LogP contribution >= 0.6 is 11.6 Å². The number of amides is 2. The first-order chi connectivity index (χ1) is 11.3. The number of sulfone groups is 1. The Morgan fingerprint density at radius 1 is 1.29 bits per heavy atom. The van der Waals surface area contributed by atoms with E-state index in [1.54, 1.807) is 24.3 Å². The van der Waals surface area contributed by atoms with Gasteiger partial charge in [-0.15, -0.1) is 0 Å². The molecule has 2 amide bonds. The average molecular weight is 371 g/mol. The summed E-state index contributed by atoms with van der Waals surface area (Å²) >= 11 is 6.02. The van der Waals surface area contributed by atoms with Crippen LogP contribution < -0.4 is 10.1 Å². The molecule has 1 fully saturated rings. The minimum Gasteiger partial charge on any atom is -0.497 e. The summed E-state index contributed by atoms with van der Waals surface area (Å²) in [4.78, 5) is 25.8. The molecule has 1 unspecified atom stereocenters. The van der Waals surface area contributed by atoms with E-state index in [1.807, 2.05) is 0 Å². The van der Waals surface area contributed by atoms with Crippen molar-refractivity contribution in [3.63, 3.8) is 0 Å². The molecule has 0 spiro atoms. The first-order valence-corrected chi connectivity index (χ1v) is 9.41. The van der Waals surface area contributed by atoms with E-state index in [0.717, 1.165) is 4.90 Å². The van der Waals surface area contributed by atoms with Gasteiger partial charge in [-0.2, -0.15) is 0 Å². The molecule has 1 aromatic rings. The molecule has 2 heterocycles. The fourth-order valence-electron chi connectivity index (χ4n) is 2.78. The van der Waals surface area contributed by atoms with Crippen molar-refractivity contribution >= 4 is 38.9 Å². The molecule has 0 aromatic heterocycles. The molecule has 0 aliphatic carbocycles. The average Bonchev–Trinajstić information content (AvgIpc) is 3.00. The molecule has 1 aromatic carbocycles. The second-order valence-electron chi connectivity index (χ2n) is 5.58. The summed E-state index contributed by atoms with van der Waals surface area (Å²) in [7, 11) is -1.72. The molecule has 128 valence electrons. The number of carbonyl (C=O) groups excluding carboxylic acids is 2. The quantitative estimate of drug-likeness (QED) is 0.798. The van der Waals surface area contributed by atoms with Crippen LogP contribution in [0.2, 0.25) is 0 Å². The number of ether oxygens (including phenoxy) is 1. The SMILES string of the molecule is COc1cccc(NC2=C(Cl)C(=O)N(C3CCS(=O)(=O)C3)C2=O)c1. The van der Waals surface area contributed by atoms with E-state index in [-0.39, 0.29) is 28.7 Å². The van der Waals surface area contributed by atoms with Crippen LogP contribution in [0.4, 0.5) is 5.69 Å². The monoisotopic (exact) mass is 370 g/mol. The molecule has 3 rings (SSSR count). The molecule has 0 radical (unpaired) electrons. The Bertz CT molecular complexity index is 849. The van der Waals surface area contributed by atoms with E-state index in [2.05, 4.69) is 5.32 Å². The zero-order valence-electron chi connectivity index (χ0n) is 12.8. The number of imide groups is 1. The van der Waals surface area contributed by atoms with E-state index in [9.17, 15) is 18.0 Å². The topological polar surface area (TPSA) is 92.8 Å². The number of benzene rings is 1. The van der Waals surface area contributed by atoms with Gasteiger partial charge in [-0.3, -0.25) is 14.5 Å². The van der Waals surface area contributed by atoms with Gasteiger partial charge in [0.2, 0.25) is 0 Å². The number of nitrogens with zero attached hydrogens (tertiary/aromatic N) is 1. The van der Waals surface area contributed by atoms with Gasteiger partial charge in [0.05, 0.1) is 24.7 Å². The van der Waals surface area contributed by atoms with Crippen molar-refractivity contribution < 1.29 is 22.7 Å². The van der Waals surface area contributed by atoms with Gasteiger partial charge in [0.25, 0.3) is 11.8 Å². The summed E-state index contributed by atoms with van der Waals surface area (Å²) in [6.45, 7) is 0. The van der Waals surface area contributed by atoms with Crippen LogP contribution in [0.1, 0.15) is 6.42 Å². The smallest absolute Gasteiger partial charge is 0.279 e. The molecule has 1 saturated heterocycles. The largest absolute Gasteiger partial charge is 0.497 e. The second kappa shape index (κ2) is 6.10. The lowest BCUT2D eigenvalue weighted by molar-refractivity contribution is -0.139. The van der Waals surface area contributed by atoms with Crippen LogP contribution in [-0.2, 0) is 19.4 Å². The van der Waals surface area contributed by atoms with Gasteiger partial charge in [-0.1, -0.05) is 17.7 Å². The lowest BCUT2D eigenvalue weighted by atomic mass is 10.2. The van der Waals surface area contributed by atoms with E-state index >= 15 is 0 Å². The number of hydrogen-bond donors (Lipinski definition) is 1. The molecule has 1 N–H and O–H groups in total. The Hall–Kier alpha value is -2.06. The number of anilines is 1. The van der Waals surface area contributed by atoms with E-state index < -0.39 is 27.7 Å². The molecule has 2 aliphatic rings. The Kier molecular flexibility index (Phi) is 4.27. The van der Waals surface area contributed by atoms with Crippen LogP contribution in [-0.4, -0.2) is 49.8 Å². The second-order valence-corrected chi connectivity index (χ2v) is 8.19. The van der Waals surface area contributed by atoms with Crippen LogP contribution in [0.25, 0.3) is 0 Å². The van der Waals surface area contributed by atoms with Gasteiger partial charge in [-0.05, 0) is 18.6 Å². The summed E-state index contributed by atoms with van der Waals surface area (Å²) in [5.41, 5.74) is 0.476. The van der Waals surface area contributed by atoms with Crippen LogP contribution in [0, 0.1) is 0 Å². The lowest BCUT2D eigenvalue weighted by Gasteiger charge is -2.21. The zero-order chi connectivity index (χ0) is 17.5. The highest BCUT2D eigenvalue weighted by atomic mass is 35.5. The number of rotatable bonds is 4. The van der Waals surface area contributed by atoms with Crippen molar-refractivity contribution in [3.05, 3.63) is 35.0 Å². The standard InChI is InChI=1S/C15H15ClN2O5S/c1-23-11-4-2-3-9(7-11)17-13-12(16)14(19)18(15(13)20)10-5-6-24(21,22)8-10/h2-4,7,10,17H,5-6,8H2,1H3. The third-order valence-electron chi connectivity index (χ3n) is 3.97. The van der Waals surface area contributed by atoms with Gasteiger partial charge in [-0.25, -0.2) is 8.42 Å². The van der Waals surface area contributed by atoms with E-state index in [4.69, 9.17) is 16.3 Å². The highest BCUT2D eigenvalue weighted by molar-refractivity contribution is 7.91. The number of halogens is 1. The van der Waals surface area contributed by atoms with Gasteiger partial charge >= 0.3 is 0 Å². The summed E-state index contributed by atoms with van der Waals surface area (Å²) in [5, 5.41) is 2.58. The first-order valence-electron chi connectivity index (χ1n) is 7.21. The van der Waals surface area contributed by atoms with Crippen LogP contribution in [0.5, 0.6) is 5.75 Å². The predicted octanol–water partition coefficient (Wildman–Crippen LogP) is 1.11. The molecular formula is C15H15ClN2O5S. The van der Waals surface area contributed by atoms with Crippen molar-refractivity contribution in [1.82, 2.24) is 4.90 Å². The minimum absolute atomic E-state index is 0.0367. The summed E-state index contributed by atoms with van der Waals surface area (Å²) < 4.78 is 28.3. The fraction of sp³-hybridized carbons (Fsp3) is 0.333. The molecule has 0 bridgehead atoms. The van der Waals surface area contributed by atoms with Crippen molar-refractivity contribution in [2.75, 3.05) is 23.9 Å². The first kappa shape index (κ1) is 16.8. The Labute approximate surface area is 144 Å². The highest BCUT2D eigenvalue weighted by Crippen LogP contribution is 2.31. The fourth-order valence-corrected chi connectivity index (χ4v) is 4.70. The third kappa shape index (κ3) is 2.99. The number of methoxy groups -OCH3 is 1. The Morgan fingerprint density at radius 3 is 2.67 bits per heavy atom. The predicted molar refractivity (Wildman–Crippen MR) is 88.4 cm³/mol. The maximum atomic E-state index is 12.6. The van der Waals surface area contributed by atoms with E-state index in [0.29, 0.717) is 11.4 Å². The molecular weight excluding hydrogens is 356 g/mol. The maximum Gasteiger partial charge on any atom is 0.279 e. The van der Waals surface area contributed by atoms with Crippen molar-refractivity contribution in [2.24, 2.45) is 0 Å². The number of hydrogen-bond acceptors (Lipinski definition) is 6. The van der Waals surface area contributed by atoms with Gasteiger partial charge in [0.1, 0.15) is 16.5 Å². The summed E-state index contributed by atoms with van der Waals surface area (Å²) in [6, 6.07) is 6.13. The highest BCUT2D eigenvalue weighted by Gasteiger charge is 2.45. The molecule has 2 aliphatic heterocycles. The molecule has 0 saturated carbocycles. The molecule has 24 heavy (non-hydrogen) atoms. The van der Waals surface area contributed by atoms with Gasteiger partial charge < -0.3 is 10.1 Å². The Balaban J connectivity index is 1.84. The minimum atomic E-state index is -3.23. The zero-order valence-corrected chi connectivity index (χ0v) is 14.4. The third-order valence-corrected chi connectivity index (χ3v) is 6.07. The summed E-state index contributed by atoms with van der Waals surface area (Å²) in [6.07, 6.45) is 0.233. The van der Waals surface area contributed by atoms with Crippen molar-refractivity contribution in [3.8, 4) is 5.75 Å². The molecule has 7 nitrogen and oxygen atoms in total.